The molecule has 0 spiro atoms. The molecule has 3 aromatic heterocycles. The summed E-state index contributed by atoms with van der Waals surface area (Å²) in [5.74, 6) is 1.00. The van der Waals surface area contributed by atoms with Gasteiger partial charge < -0.3 is 9.38 Å². The summed E-state index contributed by atoms with van der Waals surface area (Å²) in [6.07, 6.45) is 3.21. The molecular weight excluding hydrogens is 500 g/mol. The van der Waals surface area contributed by atoms with Gasteiger partial charge in [0.05, 0.1) is 16.7 Å². The van der Waals surface area contributed by atoms with Crippen molar-refractivity contribution in [2.75, 3.05) is 0 Å². The second-order valence-electron chi connectivity index (χ2n) is 8.71. The molecule has 137 valence electrons. The van der Waals surface area contributed by atoms with E-state index in [-0.39, 0.29) is 30.9 Å². The largest absolute Gasteiger partial charge is 0.356 e. The van der Waals surface area contributed by atoms with Crippen LogP contribution in [0.5, 0.6) is 0 Å². The summed E-state index contributed by atoms with van der Waals surface area (Å²) in [4.78, 5) is 14.5. The van der Waals surface area contributed by atoms with Crippen LogP contribution in [0.25, 0.3) is 27.6 Å². The Morgan fingerprint density at radius 1 is 0.885 bits per heavy atom. The standard InChI is InChI=1S/C21H23N4.Ir/c1-20(2,3)17-11-15-13(12-22-17)18-23-14-9-7-8-10-16(14)25(18)19(24-15)21(4,5)6;/h7-11H,1-6H3;/q-1;. The second-order valence-corrected chi connectivity index (χ2v) is 8.71. The zero-order valence-corrected chi connectivity index (χ0v) is 18.4. The number of hydrogen-bond acceptors (Lipinski definition) is 3. The van der Waals surface area contributed by atoms with Crippen molar-refractivity contribution in [3.8, 4) is 0 Å². The molecule has 26 heavy (non-hydrogen) atoms. The molecule has 5 heteroatoms. The molecule has 0 bridgehead atoms. The van der Waals surface area contributed by atoms with Crippen LogP contribution in [0.1, 0.15) is 53.1 Å². The van der Waals surface area contributed by atoms with Gasteiger partial charge in [-0.3, -0.25) is 9.97 Å². The van der Waals surface area contributed by atoms with Crippen molar-refractivity contribution in [2.24, 2.45) is 0 Å². The van der Waals surface area contributed by atoms with E-state index in [1.54, 1.807) is 0 Å². The first-order chi connectivity index (χ1) is 11.7. The van der Waals surface area contributed by atoms with Crippen molar-refractivity contribution in [1.29, 1.82) is 0 Å². The van der Waals surface area contributed by atoms with Crippen molar-refractivity contribution in [3.05, 3.63) is 48.0 Å². The van der Waals surface area contributed by atoms with Crippen LogP contribution < -0.4 is 0 Å². The van der Waals surface area contributed by atoms with Crippen LogP contribution in [0.15, 0.2) is 30.3 Å². The van der Waals surface area contributed by atoms with E-state index in [1.807, 2.05) is 18.2 Å². The van der Waals surface area contributed by atoms with Gasteiger partial charge in [0.25, 0.3) is 0 Å². The van der Waals surface area contributed by atoms with Crippen molar-refractivity contribution in [1.82, 2.24) is 19.4 Å². The molecule has 0 fully saturated rings. The molecule has 1 aromatic carbocycles. The Labute approximate surface area is 167 Å². The molecule has 0 atom stereocenters. The summed E-state index contributed by atoms with van der Waals surface area (Å²) in [7, 11) is 0. The third-order valence-corrected chi connectivity index (χ3v) is 4.48. The molecule has 3 heterocycles. The Morgan fingerprint density at radius 3 is 2.23 bits per heavy atom. The topological polar surface area (TPSA) is 43.1 Å². The maximum atomic E-state index is 5.02. The molecule has 0 unspecified atom stereocenters. The average Bonchev–Trinajstić information content (AvgIpc) is 2.91. The molecule has 0 aliphatic heterocycles. The third kappa shape index (κ3) is 2.93. The Bertz CT molecular complexity index is 1110. The molecule has 0 aliphatic carbocycles. The van der Waals surface area contributed by atoms with Crippen LogP contribution in [-0.2, 0) is 30.9 Å². The molecule has 0 saturated carbocycles. The van der Waals surface area contributed by atoms with Gasteiger partial charge in [-0.15, -0.1) is 0 Å². The van der Waals surface area contributed by atoms with Gasteiger partial charge in [0, 0.05) is 25.5 Å². The fourth-order valence-corrected chi connectivity index (χ4v) is 3.12. The smallest absolute Gasteiger partial charge is 0.102 e. The predicted molar refractivity (Wildman–Crippen MR) is 102 cm³/mol. The molecule has 0 N–H and O–H groups in total. The van der Waals surface area contributed by atoms with Gasteiger partial charge in [-0.25, -0.2) is 0 Å². The Balaban J connectivity index is 0.00000196. The number of hydrogen-bond donors (Lipinski definition) is 0. The fraction of sp³-hybridized carbons (Fsp3) is 0.381. The summed E-state index contributed by atoms with van der Waals surface area (Å²) in [6.45, 7) is 13.0. The first kappa shape index (κ1) is 18.9. The van der Waals surface area contributed by atoms with E-state index in [0.717, 1.165) is 39.1 Å². The minimum absolute atomic E-state index is 0. The molecule has 0 aliphatic rings. The molecule has 0 saturated heterocycles. The molecule has 4 aromatic rings. The SMILES string of the molecule is CC(C)(C)c1cc2nc(C(C)(C)C)n3c4ccccc4nc3c2[c-]n1.[Ir]. The van der Waals surface area contributed by atoms with Gasteiger partial charge in [-0.1, -0.05) is 65.1 Å². The summed E-state index contributed by atoms with van der Waals surface area (Å²) in [5.41, 5.74) is 4.67. The van der Waals surface area contributed by atoms with E-state index in [2.05, 4.69) is 69.3 Å². The summed E-state index contributed by atoms with van der Waals surface area (Å²) in [5, 5.41) is 0.872. The summed E-state index contributed by atoms with van der Waals surface area (Å²) in [6, 6.07) is 10.3. The quantitative estimate of drug-likeness (QED) is 0.311. The number of nitrogens with zero attached hydrogens (tertiary/aromatic N) is 4. The number of fused-ring (bicyclic) bond motifs is 5. The van der Waals surface area contributed by atoms with Crippen LogP contribution in [-0.4, -0.2) is 19.4 Å². The van der Waals surface area contributed by atoms with Gasteiger partial charge in [0.1, 0.15) is 5.82 Å². The van der Waals surface area contributed by atoms with Gasteiger partial charge in [-0.05, 0) is 35.0 Å². The van der Waals surface area contributed by atoms with E-state index in [9.17, 15) is 0 Å². The van der Waals surface area contributed by atoms with Gasteiger partial charge >= 0.3 is 0 Å². The molecule has 0 amide bonds. The van der Waals surface area contributed by atoms with E-state index < -0.39 is 0 Å². The van der Waals surface area contributed by atoms with Gasteiger partial charge in [0.15, 0.2) is 0 Å². The Kier molecular flexibility index (Phi) is 4.45. The van der Waals surface area contributed by atoms with Crippen molar-refractivity contribution in [2.45, 2.75) is 52.4 Å². The van der Waals surface area contributed by atoms with E-state index >= 15 is 0 Å². The molecule has 1 radical (unpaired) electrons. The maximum absolute atomic E-state index is 5.02. The van der Waals surface area contributed by atoms with Crippen molar-refractivity contribution < 1.29 is 20.1 Å². The number of pyridine rings is 1. The van der Waals surface area contributed by atoms with E-state index in [1.165, 1.54) is 0 Å². The van der Waals surface area contributed by atoms with E-state index in [0.29, 0.717) is 0 Å². The van der Waals surface area contributed by atoms with Crippen LogP contribution in [0, 0.1) is 6.20 Å². The van der Waals surface area contributed by atoms with Crippen LogP contribution >= 0.6 is 0 Å². The maximum Gasteiger partial charge on any atom is 0.102 e. The molecule has 4 nitrogen and oxygen atoms in total. The van der Waals surface area contributed by atoms with E-state index in [4.69, 9.17) is 9.97 Å². The third-order valence-electron chi connectivity index (χ3n) is 4.48. The number of para-hydroxylation sites is 2. The zero-order valence-electron chi connectivity index (χ0n) is 16.0. The molecular formula is C21H23IrN4-. The minimum Gasteiger partial charge on any atom is -0.356 e. The Morgan fingerprint density at radius 2 is 1.58 bits per heavy atom. The average molecular weight is 524 g/mol. The van der Waals surface area contributed by atoms with Crippen LogP contribution in [0.2, 0.25) is 0 Å². The predicted octanol–water partition coefficient (Wildman–Crippen LogP) is 4.82. The number of rotatable bonds is 0. The summed E-state index contributed by atoms with van der Waals surface area (Å²) >= 11 is 0. The van der Waals surface area contributed by atoms with Crippen molar-refractivity contribution >= 4 is 27.6 Å². The van der Waals surface area contributed by atoms with Crippen molar-refractivity contribution in [3.63, 3.8) is 0 Å². The van der Waals surface area contributed by atoms with Gasteiger partial charge in [-0.2, -0.15) is 0 Å². The second kappa shape index (κ2) is 6.11. The fourth-order valence-electron chi connectivity index (χ4n) is 3.12. The van der Waals surface area contributed by atoms with Crippen LogP contribution in [0.3, 0.4) is 0 Å². The minimum atomic E-state index is -0.110. The van der Waals surface area contributed by atoms with Gasteiger partial charge in [0.2, 0.25) is 0 Å². The van der Waals surface area contributed by atoms with Crippen LogP contribution in [0.4, 0.5) is 0 Å². The summed E-state index contributed by atoms with van der Waals surface area (Å²) < 4.78 is 2.16. The number of imidazole rings is 1. The first-order valence-electron chi connectivity index (χ1n) is 8.67. The zero-order chi connectivity index (χ0) is 18.0. The normalized spacial score (nSPS) is 12.7. The number of benzene rings is 1. The monoisotopic (exact) mass is 524 g/mol. The molecule has 4 rings (SSSR count). The Hall–Kier alpha value is -1.84. The first-order valence-corrected chi connectivity index (χ1v) is 8.67. The number of aromatic nitrogens is 4.